The van der Waals surface area contributed by atoms with Gasteiger partial charge in [0.15, 0.2) is 0 Å². The first-order valence-corrected chi connectivity index (χ1v) is 10.7. The summed E-state index contributed by atoms with van der Waals surface area (Å²) < 4.78 is 31.5. The summed E-state index contributed by atoms with van der Waals surface area (Å²) in [6, 6.07) is 8.70. The Morgan fingerprint density at radius 2 is 2.06 bits per heavy atom. The van der Waals surface area contributed by atoms with Crippen molar-refractivity contribution in [1.82, 2.24) is 15.1 Å². The summed E-state index contributed by atoms with van der Waals surface area (Å²) in [6.07, 6.45) is 2.74. The Bertz CT molecular complexity index is 1220. The Labute approximate surface area is 188 Å². The van der Waals surface area contributed by atoms with Crippen molar-refractivity contribution < 1.29 is 28.2 Å². The van der Waals surface area contributed by atoms with E-state index in [1.807, 2.05) is 0 Å². The summed E-state index contributed by atoms with van der Waals surface area (Å²) in [7, 11) is 1.27. The zero-order valence-electron chi connectivity index (χ0n) is 18.0. The molecule has 1 unspecified atom stereocenters. The molecule has 3 heterocycles. The number of urea groups is 1. The Kier molecular flexibility index (Phi) is 5.37. The molecule has 0 bridgehead atoms. The van der Waals surface area contributed by atoms with Crippen LogP contribution in [-0.2, 0) is 9.47 Å². The number of aromatic nitrogens is 2. The molecule has 0 aliphatic carbocycles. The van der Waals surface area contributed by atoms with Crippen LogP contribution in [-0.4, -0.2) is 47.8 Å². The molecule has 2 aliphatic heterocycles. The number of ether oxygens (including phenoxy) is 3. The molecule has 2 aliphatic rings. The summed E-state index contributed by atoms with van der Waals surface area (Å²) in [6.45, 7) is 1.10. The van der Waals surface area contributed by atoms with Gasteiger partial charge in [-0.05, 0) is 18.2 Å². The fraction of sp³-hybridized carbons (Fsp3) is 0.348. The minimum atomic E-state index is -0.626. The van der Waals surface area contributed by atoms with Crippen molar-refractivity contribution in [2.75, 3.05) is 25.6 Å². The maximum atomic E-state index is 13.9. The van der Waals surface area contributed by atoms with Gasteiger partial charge in [-0.15, -0.1) is 0 Å². The molecule has 1 spiro atoms. The molecular formula is C23H23FN4O5. The van der Waals surface area contributed by atoms with Gasteiger partial charge >= 0.3 is 12.1 Å². The van der Waals surface area contributed by atoms with E-state index in [9.17, 15) is 14.0 Å². The Morgan fingerprint density at radius 3 is 2.85 bits per heavy atom. The smallest absolute Gasteiger partial charge is 0.434 e. The molecule has 2 aromatic carbocycles. The van der Waals surface area contributed by atoms with Crippen molar-refractivity contribution in [2.45, 2.75) is 30.9 Å². The molecule has 1 atom stereocenters. The lowest BCUT2D eigenvalue weighted by Crippen LogP contribution is -2.49. The largest absolute Gasteiger partial charge is 0.487 e. The van der Waals surface area contributed by atoms with Crippen LogP contribution in [0.25, 0.3) is 10.9 Å². The summed E-state index contributed by atoms with van der Waals surface area (Å²) in [5.41, 5.74) is 1.21. The van der Waals surface area contributed by atoms with E-state index < -0.39 is 23.5 Å². The van der Waals surface area contributed by atoms with Crippen LogP contribution in [0.5, 0.6) is 5.75 Å². The lowest BCUT2D eigenvalue weighted by molar-refractivity contribution is -0.0637. The number of amides is 2. The predicted octanol–water partition coefficient (Wildman–Crippen LogP) is 3.98. The van der Waals surface area contributed by atoms with Gasteiger partial charge in [0.2, 0.25) is 0 Å². The van der Waals surface area contributed by atoms with Crippen LogP contribution in [0.4, 0.5) is 19.7 Å². The minimum absolute atomic E-state index is 0.371. The van der Waals surface area contributed by atoms with E-state index in [4.69, 9.17) is 14.2 Å². The van der Waals surface area contributed by atoms with Crippen molar-refractivity contribution in [3.05, 3.63) is 54.0 Å². The van der Waals surface area contributed by atoms with Gasteiger partial charge in [-0.1, -0.05) is 12.1 Å². The van der Waals surface area contributed by atoms with E-state index in [1.165, 1.54) is 25.4 Å². The molecule has 0 saturated carbocycles. The van der Waals surface area contributed by atoms with Gasteiger partial charge in [0.1, 0.15) is 17.2 Å². The number of nitrogens with zero attached hydrogens (tertiary/aromatic N) is 2. The van der Waals surface area contributed by atoms with Crippen molar-refractivity contribution in [3.8, 4) is 5.75 Å². The first kappa shape index (κ1) is 21.2. The Balaban J connectivity index is 1.39. The van der Waals surface area contributed by atoms with E-state index in [-0.39, 0.29) is 6.04 Å². The zero-order chi connectivity index (χ0) is 23.0. The van der Waals surface area contributed by atoms with Gasteiger partial charge in [-0.25, -0.2) is 14.0 Å². The molecule has 2 amide bonds. The third-order valence-electron chi connectivity index (χ3n) is 6.17. The third kappa shape index (κ3) is 3.97. The Hall–Kier alpha value is -3.66. The van der Waals surface area contributed by atoms with Crippen molar-refractivity contribution >= 4 is 28.7 Å². The fourth-order valence-corrected chi connectivity index (χ4v) is 4.53. The van der Waals surface area contributed by atoms with Crippen LogP contribution in [0, 0.1) is 5.82 Å². The molecule has 9 nitrogen and oxygen atoms in total. The average molecular weight is 454 g/mol. The second-order valence-electron chi connectivity index (χ2n) is 8.20. The SMILES string of the molecule is COC(=O)n1ncc2c(NC(=O)NC3CC4(CCOCC4)Oc4cc(F)ccc43)cccc21. The highest BCUT2D eigenvalue weighted by Gasteiger charge is 2.43. The minimum Gasteiger partial charge on any atom is -0.487 e. The molecule has 33 heavy (non-hydrogen) atoms. The normalized spacial score (nSPS) is 18.9. The number of nitrogens with one attached hydrogen (secondary N) is 2. The zero-order valence-corrected chi connectivity index (χ0v) is 18.0. The predicted molar refractivity (Wildman–Crippen MR) is 117 cm³/mol. The molecule has 1 fully saturated rings. The topological polar surface area (TPSA) is 104 Å². The maximum absolute atomic E-state index is 13.9. The molecule has 1 saturated heterocycles. The summed E-state index contributed by atoms with van der Waals surface area (Å²) in [5, 5.41) is 10.5. The first-order chi connectivity index (χ1) is 16.0. The van der Waals surface area contributed by atoms with Gasteiger partial charge in [-0.2, -0.15) is 9.78 Å². The van der Waals surface area contributed by atoms with Crippen molar-refractivity contribution in [2.24, 2.45) is 0 Å². The molecule has 0 radical (unpaired) electrons. The van der Waals surface area contributed by atoms with Gasteiger partial charge in [0.25, 0.3) is 0 Å². The number of benzene rings is 2. The molecule has 3 aromatic rings. The highest BCUT2D eigenvalue weighted by atomic mass is 19.1. The number of hydrogen-bond donors (Lipinski definition) is 2. The molecule has 2 N–H and O–H groups in total. The number of anilines is 1. The van der Waals surface area contributed by atoms with Crippen molar-refractivity contribution in [1.29, 1.82) is 0 Å². The van der Waals surface area contributed by atoms with Gasteiger partial charge < -0.3 is 24.8 Å². The average Bonchev–Trinajstić information content (AvgIpc) is 3.24. The number of rotatable bonds is 2. The van der Waals surface area contributed by atoms with Crippen LogP contribution >= 0.6 is 0 Å². The number of halogens is 1. The van der Waals surface area contributed by atoms with Crippen LogP contribution in [0.15, 0.2) is 42.6 Å². The van der Waals surface area contributed by atoms with Crippen LogP contribution in [0.3, 0.4) is 0 Å². The molecular weight excluding hydrogens is 431 g/mol. The molecule has 172 valence electrons. The molecule has 5 rings (SSSR count). The fourth-order valence-electron chi connectivity index (χ4n) is 4.53. The monoisotopic (exact) mass is 454 g/mol. The second-order valence-corrected chi connectivity index (χ2v) is 8.20. The first-order valence-electron chi connectivity index (χ1n) is 10.7. The van der Waals surface area contributed by atoms with Gasteiger partial charge in [0, 0.05) is 36.3 Å². The second kappa shape index (κ2) is 8.36. The standard InChI is InChI=1S/C23H23FN4O5/c1-31-22(30)28-19-4-2-3-17(16(19)13-25-28)26-21(29)27-18-12-23(7-9-32-10-8-23)33-20-11-14(24)5-6-15(18)20/h2-6,11,13,18H,7-10,12H2,1H3,(H2,26,27,29). The summed E-state index contributed by atoms with van der Waals surface area (Å²) in [5.74, 6) is 0.0465. The van der Waals surface area contributed by atoms with E-state index in [0.29, 0.717) is 54.8 Å². The quantitative estimate of drug-likeness (QED) is 0.607. The van der Waals surface area contributed by atoms with E-state index in [2.05, 4.69) is 15.7 Å². The maximum Gasteiger partial charge on any atom is 0.434 e. The van der Waals surface area contributed by atoms with Crippen LogP contribution < -0.4 is 15.4 Å². The van der Waals surface area contributed by atoms with E-state index in [0.717, 1.165) is 10.2 Å². The number of hydrogen-bond acceptors (Lipinski definition) is 6. The number of fused-ring (bicyclic) bond motifs is 2. The van der Waals surface area contributed by atoms with Gasteiger partial charge in [-0.3, -0.25) is 0 Å². The van der Waals surface area contributed by atoms with Crippen LogP contribution in [0.2, 0.25) is 0 Å². The van der Waals surface area contributed by atoms with E-state index in [1.54, 1.807) is 24.3 Å². The lowest BCUT2D eigenvalue weighted by atomic mass is 9.82. The number of carbonyl (C=O) groups excluding carboxylic acids is 2. The summed E-state index contributed by atoms with van der Waals surface area (Å²) >= 11 is 0. The number of carbonyl (C=O) groups is 2. The highest BCUT2D eigenvalue weighted by molar-refractivity contribution is 6.02. The Morgan fingerprint density at radius 1 is 1.24 bits per heavy atom. The van der Waals surface area contributed by atoms with Crippen LogP contribution in [0.1, 0.15) is 30.9 Å². The van der Waals surface area contributed by atoms with E-state index >= 15 is 0 Å². The molecule has 10 heteroatoms. The van der Waals surface area contributed by atoms with Gasteiger partial charge in [0.05, 0.1) is 43.8 Å². The summed E-state index contributed by atoms with van der Waals surface area (Å²) in [4.78, 5) is 24.9. The highest BCUT2D eigenvalue weighted by Crippen LogP contribution is 2.44. The lowest BCUT2D eigenvalue weighted by Gasteiger charge is -2.44. The molecule has 1 aromatic heterocycles. The third-order valence-corrected chi connectivity index (χ3v) is 6.17. The van der Waals surface area contributed by atoms with Crippen molar-refractivity contribution in [3.63, 3.8) is 0 Å². The number of methoxy groups -OCH3 is 1.